The molecule has 0 saturated carbocycles. The van der Waals surface area contributed by atoms with Gasteiger partial charge in [-0.15, -0.1) is 0 Å². The molecule has 2 rings (SSSR count). The molecule has 0 aromatic heterocycles. The lowest BCUT2D eigenvalue weighted by Crippen LogP contribution is -2.48. The third kappa shape index (κ3) is 4.56. The lowest BCUT2D eigenvalue weighted by Gasteiger charge is -2.33. The van der Waals surface area contributed by atoms with Gasteiger partial charge in [-0.25, -0.2) is 0 Å². The molecular weight excluding hydrogens is 268 g/mol. The van der Waals surface area contributed by atoms with Crippen molar-refractivity contribution in [1.29, 1.82) is 0 Å². The second kappa shape index (κ2) is 7.22. The number of amides is 1. The van der Waals surface area contributed by atoms with Crippen molar-refractivity contribution in [3.63, 3.8) is 0 Å². The van der Waals surface area contributed by atoms with Crippen LogP contribution in [0.3, 0.4) is 0 Å². The molecular formula is C16H22N2O3. The quantitative estimate of drug-likeness (QED) is 0.855. The monoisotopic (exact) mass is 290 g/mol. The number of piperidine rings is 1. The Morgan fingerprint density at radius 2 is 1.86 bits per heavy atom. The van der Waals surface area contributed by atoms with E-state index in [-0.39, 0.29) is 12.3 Å². The molecule has 0 unspecified atom stereocenters. The highest BCUT2D eigenvalue weighted by atomic mass is 16.4. The van der Waals surface area contributed by atoms with E-state index in [4.69, 9.17) is 10.8 Å². The van der Waals surface area contributed by atoms with Crippen LogP contribution in [-0.4, -0.2) is 41.0 Å². The zero-order chi connectivity index (χ0) is 15.2. The van der Waals surface area contributed by atoms with Crippen molar-refractivity contribution in [2.75, 3.05) is 13.1 Å². The van der Waals surface area contributed by atoms with Crippen LogP contribution in [0.1, 0.15) is 24.8 Å². The lowest BCUT2D eigenvalue weighted by molar-refractivity contribution is -0.142. The van der Waals surface area contributed by atoms with Gasteiger partial charge in [0.1, 0.15) is 0 Å². The molecule has 5 heteroatoms. The molecule has 1 aromatic carbocycles. The Hall–Kier alpha value is -1.88. The maximum Gasteiger partial charge on any atom is 0.305 e. The van der Waals surface area contributed by atoms with Gasteiger partial charge in [0.25, 0.3) is 0 Å². The second-order valence-corrected chi connectivity index (χ2v) is 5.66. The average Bonchev–Trinajstić information content (AvgIpc) is 2.47. The number of benzene rings is 1. The van der Waals surface area contributed by atoms with Gasteiger partial charge in [-0.1, -0.05) is 30.3 Å². The van der Waals surface area contributed by atoms with E-state index < -0.39 is 12.0 Å². The predicted molar refractivity (Wildman–Crippen MR) is 79.7 cm³/mol. The van der Waals surface area contributed by atoms with Crippen molar-refractivity contribution < 1.29 is 14.7 Å². The Kier molecular flexibility index (Phi) is 5.33. The Labute approximate surface area is 124 Å². The van der Waals surface area contributed by atoms with Crippen LogP contribution in [0.5, 0.6) is 0 Å². The van der Waals surface area contributed by atoms with Gasteiger partial charge >= 0.3 is 5.97 Å². The maximum absolute atomic E-state index is 12.0. The SMILES string of the molecule is N[C@@H](CC(=O)O)C(=O)N1CCC(Cc2ccccc2)CC1. The Morgan fingerprint density at radius 1 is 1.24 bits per heavy atom. The summed E-state index contributed by atoms with van der Waals surface area (Å²) >= 11 is 0. The first-order valence-corrected chi connectivity index (χ1v) is 7.36. The van der Waals surface area contributed by atoms with Gasteiger partial charge in [0.05, 0.1) is 12.5 Å². The Bertz CT molecular complexity index is 482. The van der Waals surface area contributed by atoms with Crippen LogP contribution < -0.4 is 5.73 Å². The van der Waals surface area contributed by atoms with Gasteiger partial charge < -0.3 is 15.7 Å². The smallest absolute Gasteiger partial charge is 0.305 e. The largest absolute Gasteiger partial charge is 0.481 e. The number of hydrogen-bond acceptors (Lipinski definition) is 3. The minimum Gasteiger partial charge on any atom is -0.481 e. The van der Waals surface area contributed by atoms with Crippen molar-refractivity contribution in [1.82, 2.24) is 4.90 Å². The van der Waals surface area contributed by atoms with Crippen molar-refractivity contribution in [3.05, 3.63) is 35.9 Å². The lowest BCUT2D eigenvalue weighted by atomic mass is 9.90. The molecule has 1 fully saturated rings. The van der Waals surface area contributed by atoms with Gasteiger partial charge in [0.2, 0.25) is 5.91 Å². The summed E-state index contributed by atoms with van der Waals surface area (Å²) in [5, 5.41) is 8.69. The topological polar surface area (TPSA) is 83.6 Å². The van der Waals surface area contributed by atoms with E-state index in [1.807, 2.05) is 18.2 Å². The normalized spacial score (nSPS) is 17.5. The van der Waals surface area contributed by atoms with Crippen molar-refractivity contribution in [2.45, 2.75) is 31.7 Å². The van der Waals surface area contributed by atoms with E-state index in [1.54, 1.807) is 4.90 Å². The zero-order valence-corrected chi connectivity index (χ0v) is 12.1. The number of nitrogens with zero attached hydrogens (tertiary/aromatic N) is 1. The number of rotatable bonds is 5. The van der Waals surface area contributed by atoms with Crippen LogP contribution in [-0.2, 0) is 16.0 Å². The molecule has 21 heavy (non-hydrogen) atoms. The maximum atomic E-state index is 12.0. The minimum absolute atomic E-state index is 0.240. The first-order chi connectivity index (χ1) is 10.1. The number of carboxylic acid groups (broad SMARTS) is 1. The predicted octanol–water partition coefficient (Wildman–Crippen LogP) is 1.27. The first kappa shape index (κ1) is 15.5. The van der Waals surface area contributed by atoms with Crippen molar-refractivity contribution in [2.24, 2.45) is 11.7 Å². The highest BCUT2D eigenvalue weighted by molar-refractivity contribution is 5.86. The fourth-order valence-corrected chi connectivity index (χ4v) is 2.81. The fourth-order valence-electron chi connectivity index (χ4n) is 2.81. The summed E-state index contributed by atoms with van der Waals surface area (Å²) in [4.78, 5) is 24.3. The molecule has 0 radical (unpaired) electrons. The van der Waals surface area contributed by atoms with E-state index in [0.717, 1.165) is 19.3 Å². The molecule has 1 aliphatic heterocycles. The molecule has 1 saturated heterocycles. The fraction of sp³-hybridized carbons (Fsp3) is 0.500. The standard InChI is InChI=1S/C16H22N2O3/c17-14(11-15(19)20)16(21)18-8-6-13(7-9-18)10-12-4-2-1-3-5-12/h1-5,13-14H,6-11,17H2,(H,19,20)/t14-/m0/s1. The summed E-state index contributed by atoms with van der Waals surface area (Å²) in [5.41, 5.74) is 6.96. The van der Waals surface area contributed by atoms with Crippen LogP contribution in [0.4, 0.5) is 0 Å². The van der Waals surface area contributed by atoms with Gasteiger partial charge in [-0.05, 0) is 30.7 Å². The van der Waals surface area contributed by atoms with Crippen LogP contribution in [0.25, 0.3) is 0 Å². The van der Waals surface area contributed by atoms with Gasteiger partial charge in [-0.3, -0.25) is 9.59 Å². The molecule has 1 atom stereocenters. The minimum atomic E-state index is -1.03. The number of likely N-dealkylation sites (tertiary alicyclic amines) is 1. The zero-order valence-electron chi connectivity index (χ0n) is 12.1. The first-order valence-electron chi connectivity index (χ1n) is 7.36. The van der Waals surface area contributed by atoms with Gasteiger partial charge in [0, 0.05) is 13.1 Å². The van der Waals surface area contributed by atoms with E-state index in [0.29, 0.717) is 19.0 Å². The molecule has 5 nitrogen and oxygen atoms in total. The van der Waals surface area contributed by atoms with Crippen LogP contribution in [0, 0.1) is 5.92 Å². The number of carboxylic acids is 1. The number of aliphatic carboxylic acids is 1. The molecule has 0 bridgehead atoms. The van der Waals surface area contributed by atoms with Crippen molar-refractivity contribution in [3.8, 4) is 0 Å². The summed E-state index contributed by atoms with van der Waals surface area (Å²) in [6.07, 6.45) is 2.62. The van der Waals surface area contributed by atoms with Gasteiger partial charge in [-0.2, -0.15) is 0 Å². The number of hydrogen-bond donors (Lipinski definition) is 2. The molecule has 0 spiro atoms. The van der Waals surface area contributed by atoms with Crippen molar-refractivity contribution >= 4 is 11.9 Å². The summed E-state index contributed by atoms with van der Waals surface area (Å²) in [6, 6.07) is 9.42. The molecule has 0 aliphatic carbocycles. The second-order valence-electron chi connectivity index (χ2n) is 5.66. The number of nitrogens with two attached hydrogens (primary N) is 1. The van der Waals surface area contributed by atoms with Crippen LogP contribution in [0.15, 0.2) is 30.3 Å². The third-order valence-electron chi connectivity index (χ3n) is 4.01. The van der Waals surface area contributed by atoms with E-state index in [9.17, 15) is 9.59 Å². The van der Waals surface area contributed by atoms with E-state index in [1.165, 1.54) is 5.56 Å². The van der Waals surface area contributed by atoms with E-state index in [2.05, 4.69) is 12.1 Å². The molecule has 114 valence electrons. The number of carbonyl (C=O) groups is 2. The van der Waals surface area contributed by atoms with E-state index >= 15 is 0 Å². The average molecular weight is 290 g/mol. The molecule has 1 amide bonds. The highest BCUT2D eigenvalue weighted by Gasteiger charge is 2.27. The Balaban J connectivity index is 1.80. The summed E-state index contributed by atoms with van der Waals surface area (Å²) < 4.78 is 0. The molecule has 3 N–H and O–H groups in total. The van der Waals surface area contributed by atoms with Gasteiger partial charge in [0.15, 0.2) is 0 Å². The van der Waals surface area contributed by atoms with Crippen LogP contribution in [0.2, 0.25) is 0 Å². The third-order valence-corrected chi connectivity index (χ3v) is 4.01. The molecule has 1 aromatic rings. The summed E-state index contributed by atoms with van der Waals surface area (Å²) in [5.74, 6) is -0.697. The Morgan fingerprint density at radius 3 is 2.43 bits per heavy atom. The van der Waals surface area contributed by atoms with Crippen LogP contribution >= 0.6 is 0 Å². The molecule has 1 aliphatic rings. The molecule has 1 heterocycles. The summed E-state index contributed by atoms with van der Waals surface area (Å²) in [7, 11) is 0. The highest BCUT2D eigenvalue weighted by Crippen LogP contribution is 2.22. The summed E-state index contributed by atoms with van der Waals surface area (Å²) in [6.45, 7) is 1.34. The number of carbonyl (C=O) groups excluding carboxylic acids is 1.